The molecule has 0 radical (unpaired) electrons. The number of rotatable bonds is 5. The minimum atomic E-state index is -0.935. The highest BCUT2D eigenvalue weighted by molar-refractivity contribution is 5.87. The predicted octanol–water partition coefficient (Wildman–Crippen LogP) is -1.34. The lowest BCUT2D eigenvalue weighted by Gasteiger charge is -2.06. The molecule has 0 spiro atoms. The number of carboxylic acid groups (broad SMARTS) is 1. The van der Waals surface area contributed by atoms with Crippen molar-refractivity contribution in [3.63, 3.8) is 0 Å². The second-order valence-corrected chi connectivity index (χ2v) is 3.48. The zero-order valence-electron chi connectivity index (χ0n) is 9.49. The number of aromatic nitrogens is 2. The summed E-state index contributed by atoms with van der Waals surface area (Å²) in [5.41, 5.74) is 0.256. The van der Waals surface area contributed by atoms with Crippen molar-refractivity contribution in [1.29, 1.82) is 0 Å². The summed E-state index contributed by atoms with van der Waals surface area (Å²) in [5.74, 6) is -0.273. The first kappa shape index (κ1) is 14.1. The Balaban J connectivity index is 0.00000162. The van der Waals surface area contributed by atoms with Crippen LogP contribution in [0.1, 0.15) is 10.4 Å². The molecule has 0 saturated carbocycles. The molecule has 6 heteroatoms. The molecule has 0 unspecified atom stereocenters. The number of nitrogens with zero attached hydrogens (tertiary/aromatic N) is 2. The van der Waals surface area contributed by atoms with Crippen LogP contribution in [0.5, 0.6) is 5.75 Å². The molecule has 2 aromatic rings. The number of halogens is 1. The Kier molecular flexibility index (Phi) is 5.20. The molecule has 1 heterocycles. The van der Waals surface area contributed by atoms with Crippen LogP contribution in [-0.2, 0) is 6.54 Å². The molecule has 5 nitrogen and oxygen atoms in total. The van der Waals surface area contributed by atoms with Gasteiger partial charge in [-0.1, -0.05) is 0 Å². The first-order valence-corrected chi connectivity index (χ1v) is 5.17. The summed E-state index contributed by atoms with van der Waals surface area (Å²) in [6.45, 7) is 1.23. The molecule has 0 saturated heterocycles. The van der Waals surface area contributed by atoms with Gasteiger partial charge in [-0.25, -0.2) is 9.78 Å². The number of hydrogen-bond acceptors (Lipinski definition) is 3. The van der Waals surface area contributed by atoms with Crippen LogP contribution < -0.4 is 17.1 Å². The van der Waals surface area contributed by atoms with Gasteiger partial charge >= 0.3 is 5.97 Å². The zero-order valence-corrected chi connectivity index (χ0v) is 10.2. The van der Waals surface area contributed by atoms with Gasteiger partial charge in [0.05, 0.1) is 18.4 Å². The lowest BCUT2D eigenvalue weighted by Crippen LogP contribution is -3.00. The predicted molar refractivity (Wildman–Crippen MR) is 61.1 cm³/mol. The molecule has 0 aliphatic carbocycles. The zero-order chi connectivity index (χ0) is 12.1. The molecule has 0 atom stereocenters. The number of hydrogen-bond donors (Lipinski definition) is 1. The van der Waals surface area contributed by atoms with Gasteiger partial charge < -0.3 is 26.8 Å². The summed E-state index contributed by atoms with van der Waals surface area (Å²) >= 11 is 0. The quantitative estimate of drug-likeness (QED) is 0.729. The van der Waals surface area contributed by atoms with Crippen LogP contribution >= 0.6 is 0 Å². The highest BCUT2D eigenvalue weighted by atomic mass is 35.5. The van der Waals surface area contributed by atoms with E-state index in [4.69, 9.17) is 9.84 Å². The Bertz CT molecular complexity index is 483. The maximum atomic E-state index is 10.6. The SMILES string of the molecule is O=C(O)c1ccc(OCCn2ccnc2)cc1.[Cl-]. The second-order valence-electron chi connectivity index (χ2n) is 3.48. The van der Waals surface area contributed by atoms with Gasteiger partial charge in [0.25, 0.3) is 0 Å². The van der Waals surface area contributed by atoms with Crippen molar-refractivity contribution in [3.8, 4) is 5.75 Å². The molecule has 0 aliphatic heterocycles. The minimum absolute atomic E-state index is 0. The van der Waals surface area contributed by atoms with Crippen LogP contribution in [-0.4, -0.2) is 27.2 Å². The van der Waals surface area contributed by atoms with Gasteiger partial charge in [-0.15, -0.1) is 0 Å². The van der Waals surface area contributed by atoms with Crippen molar-refractivity contribution in [2.24, 2.45) is 0 Å². The van der Waals surface area contributed by atoms with Crippen molar-refractivity contribution < 1.29 is 27.0 Å². The molecule has 1 aromatic carbocycles. The van der Waals surface area contributed by atoms with Gasteiger partial charge in [-0.2, -0.15) is 0 Å². The topological polar surface area (TPSA) is 64.3 Å². The van der Waals surface area contributed by atoms with E-state index in [2.05, 4.69) is 4.98 Å². The van der Waals surface area contributed by atoms with Crippen molar-refractivity contribution in [3.05, 3.63) is 48.5 Å². The number of aromatic carboxylic acids is 1. The molecule has 96 valence electrons. The van der Waals surface area contributed by atoms with Crippen molar-refractivity contribution >= 4 is 5.97 Å². The molecule has 1 aromatic heterocycles. The van der Waals surface area contributed by atoms with E-state index in [0.29, 0.717) is 18.9 Å². The molecule has 2 rings (SSSR count). The van der Waals surface area contributed by atoms with Crippen LogP contribution in [0.25, 0.3) is 0 Å². The van der Waals surface area contributed by atoms with E-state index in [9.17, 15) is 4.79 Å². The average Bonchev–Trinajstić information content (AvgIpc) is 2.83. The van der Waals surface area contributed by atoms with Crippen molar-refractivity contribution in [2.45, 2.75) is 6.54 Å². The number of imidazole rings is 1. The van der Waals surface area contributed by atoms with Crippen LogP contribution in [0, 0.1) is 0 Å². The highest BCUT2D eigenvalue weighted by Gasteiger charge is 2.01. The van der Waals surface area contributed by atoms with E-state index in [1.165, 1.54) is 12.1 Å². The van der Waals surface area contributed by atoms with E-state index in [1.54, 1.807) is 24.7 Å². The molecule has 1 N–H and O–H groups in total. The average molecular weight is 268 g/mol. The summed E-state index contributed by atoms with van der Waals surface area (Å²) in [5, 5.41) is 8.73. The van der Waals surface area contributed by atoms with Crippen LogP contribution in [0.15, 0.2) is 43.0 Å². The summed E-state index contributed by atoms with van der Waals surface area (Å²) in [6, 6.07) is 6.35. The fourth-order valence-electron chi connectivity index (χ4n) is 1.38. The van der Waals surface area contributed by atoms with E-state index in [1.807, 2.05) is 10.8 Å². The van der Waals surface area contributed by atoms with E-state index < -0.39 is 5.97 Å². The molecular formula is C12H12ClN2O3-. The van der Waals surface area contributed by atoms with E-state index in [-0.39, 0.29) is 18.0 Å². The Morgan fingerprint density at radius 1 is 1.33 bits per heavy atom. The third kappa shape index (κ3) is 3.78. The van der Waals surface area contributed by atoms with Gasteiger partial charge in [0.1, 0.15) is 12.4 Å². The van der Waals surface area contributed by atoms with Gasteiger partial charge in [0, 0.05) is 12.4 Å². The Morgan fingerprint density at radius 2 is 2.06 bits per heavy atom. The molecule has 0 amide bonds. The fourth-order valence-corrected chi connectivity index (χ4v) is 1.38. The highest BCUT2D eigenvalue weighted by Crippen LogP contribution is 2.12. The van der Waals surface area contributed by atoms with Crippen LogP contribution in [0.3, 0.4) is 0 Å². The van der Waals surface area contributed by atoms with Crippen molar-refractivity contribution in [1.82, 2.24) is 9.55 Å². The Labute approximate surface area is 110 Å². The Morgan fingerprint density at radius 3 is 2.61 bits per heavy atom. The summed E-state index contributed by atoms with van der Waals surface area (Å²) < 4.78 is 7.38. The van der Waals surface area contributed by atoms with Gasteiger partial charge in [0.15, 0.2) is 0 Å². The number of carbonyl (C=O) groups is 1. The minimum Gasteiger partial charge on any atom is -1.00 e. The third-order valence-electron chi connectivity index (χ3n) is 2.28. The normalized spacial score (nSPS) is 9.56. The molecule has 0 bridgehead atoms. The summed E-state index contributed by atoms with van der Waals surface area (Å²) in [4.78, 5) is 14.6. The van der Waals surface area contributed by atoms with Gasteiger partial charge in [0.2, 0.25) is 0 Å². The first-order chi connectivity index (χ1) is 8.25. The van der Waals surface area contributed by atoms with Crippen LogP contribution in [0.4, 0.5) is 0 Å². The second kappa shape index (κ2) is 6.66. The number of ether oxygens (including phenoxy) is 1. The largest absolute Gasteiger partial charge is 1.00 e. The summed E-state index contributed by atoms with van der Waals surface area (Å²) in [7, 11) is 0. The standard InChI is InChI=1S/C12H12N2O3.ClH/c15-12(16)10-1-3-11(4-2-10)17-8-7-14-6-5-13-9-14;/h1-6,9H,7-8H2,(H,15,16);1H/p-1. The lowest BCUT2D eigenvalue weighted by atomic mass is 10.2. The number of carboxylic acids is 1. The smallest absolute Gasteiger partial charge is 0.335 e. The number of benzene rings is 1. The molecule has 18 heavy (non-hydrogen) atoms. The first-order valence-electron chi connectivity index (χ1n) is 5.17. The monoisotopic (exact) mass is 267 g/mol. The summed E-state index contributed by atoms with van der Waals surface area (Å²) in [6.07, 6.45) is 5.29. The molecule has 0 fully saturated rings. The van der Waals surface area contributed by atoms with Gasteiger partial charge in [-0.3, -0.25) is 0 Å². The Hall–Kier alpha value is -2.01. The van der Waals surface area contributed by atoms with E-state index in [0.717, 1.165) is 0 Å². The maximum Gasteiger partial charge on any atom is 0.335 e. The van der Waals surface area contributed by atoms with Crippen LogP contribution in [0.2, 0.25) is 0 Å². The maximum absolute atomic E-state index is 10.6. The van der Waals surface area contributed by atoms with Crippen molar-refractivity contribution in [2.75, 3.05) is 6.61 Å². The fraction of sp³-hybridized carbons (Fsp3) is 0.167. The molecular weight excluding hydrogens is 256 g/mol. The van der Waals surface area contributed by atoms with E-state index >= 15 is 0 Å². The van der Waals surface area contributed by atoms with Gasteiger partial charge in [-0.05, 0) is 24.3 Å². The molecule has 0 aliphatic rings. The third-order valence-corrected chi connectivity index (χ3v) is 2.28. The lowest BCUT2D eigenvalue weighted by molar-refractivity contribution is -0.0000196.